The van der Waals surface area contributed by atoms with Crippen molar-refractivity contribution in [3.05, 3.63) is 22.6 Å². The average Bonchev–Trinajstić information content (AvgIpc) is 2.95. The fourth-order valence-electron chi connectivity index (χ4n) is 4.18. The van der Waals surface area contributed by atoms with Gasteiger partial charge in [-0.3, -0.25) is 14.5 Å². The molecule has 1 amide bonds. The second kappa shape index (κ2) is 8.70. The van der Waals surface area contributed by atoms with Gasteiger partial charge in [-0.1, -0.05) is 13.8 Å². The van der Waals surface area contributed by atoms with E-state index in [1.807, 2.05) is 13.8 Å². The number of halogens is 3. The molecule has 1 saturated heterocycles. The Morgan fingerprint density at radius 1 is 1.17 bits per heavy atom. The molecular formula is C21H29F3N2O4. The van der Waals surface area contributed by atoms with Crippen LogP contribution < -0.4 is 0 Å². The van der Waals surface area contributed by atoms with E-state index in [4.69, 9.17) is 4.42 Å². The van der Waals surface area contributed by atoms with Gasteiger partial charge >= 0.3 is 6.18 Å². The number of ether oxygens (including phenoxy) is 1. The minimum absolute atomic E-state index is 0.0270. The Hall–Kier alpha value is -1.87. The molecule has 1 aliphatic carbocycles. The first-order valence-electron chi connectivity index (χ1n) is 10.3. The summed E-state index contributed by atoms with van der Waals surface area (Å²) in [4.78, 5) is 29.3. The zero-order valence-electron chi connectivity index (χ0n) is 17.7. The summed E-state index contributed by atoms with van der Waals surface area (Å²) in [6.07, 6.45) is -2.72. The molecule has 9 heteroatoms. The predicted octanol–water partition coefficient (Wildman–Crippen LogP) is 3.47. The van der Waals surface area contributed by atoms with Crippen LogP contribution >= 0.6 is 0 Å². The molecule has 2 aliphatic rings. The highest BCUT2D eigenvalue weighted by molar-refractivity contribution is 6.03. The fraction of sp³-hybridized carbons (Fsp3) is 0.714. The Bertz CT molecular complexity index is 793. The average molecular weight is 430 g/mol. The van der Waals surface area contributed by atoms with Crippen LogP contribution in [0.1, 0.15) is 58.9 Å². The third kappa shape index (κ3) is 5.43. The SMILES string of the molecule is Cc1c(C(=O)N2CCN(CCCOCC(F)(F)F)CC2)oc2c1C(=O)CC(C)(C)C2. The van der Waals surface area contributed by atoms with Crippen LogP contribution in [0.4, 0.5) is 13.2 Å². The molecule has 1 aliphatic heterocycles. The largest absolute Gasteiger partial charge is 0.455 e. The summed E-state index contributed by atoms with van der Waals surface area (Å²) in [6.45, 7) is 7.54. The van der Waals surface area contributed by atoms with Crippen LogP contribution in [0, 0.1) is 12.3 Å². The van der Waals surface area contributed by atoms with Gasteiger partial charge in [-0.05, 0) is 18.8 Å². The number of amides is 1. The van der Waals surface area contributed by atoms with E-state index in [0.717, 1.165) is 0 Å². The second-order valence-electron chi connectivity index (χ2n) is 8.95. The van der Waals surface area contributed by atoms with Gasteiger partial charge in [0, 0.05) is 57.7 Å². The lowest BCUT2D eigenvalue weighted by molar-refractivity contribution is -0.174. The molecule has 1 fully saturated rings. The van der Waals surface area contributed by atoms with Crippen molar-refractivity contribution in [2.24, 2.45) is 5.41 Å². The molecule has 0 aromatic carbocycles. The van der Waals surface area contributed by atoms with Crippen LogP contribution in [-0.4, -0.2) is 73.6 Å². The van der Waals surface area contributed by atoms with E-state index >= 15 is 0 Å². The van der Waals surface area contributed by atoms with Gasteiger partial charge in [-0.15, -0.1) is 0 Å². The molecule has 30 heavy (non-hydrogen) atoms. The van der Waals surface area contributed by atoms with Gasteiger partial charge < -0.3 is 14.1 Å². The van der Waals surface area contributed by atoms with Gasteiger partial charge in [0.25, 0.3) is 5.91 Å². The molecule has 0 N–H and O–H groups in total. The van der Waals surface area contributed by atoms with Gasteiger partial charge in [0.05, 0.1) is 5.56 Å². The number of nitrogens with zero attached hydrogens (tertiary/aromatic N) is 2. The summed E-state index contributed by atoms with van der Waals surface area (Å²) in [7, 11) is 0. The number of hydrogen-bond acceptors (Lipinski definition) is 5. The lowest BCUT2D eigenvalue weighted by atomic mass is 9.76. The summed E-state index contributed by atoms with van der Waals surface area (Å²) >= 11 is 0. The van der Waals surface area contributed by atoms with E-state index in [1.54, 1.807) is 11.8 Å². The van der Waals surface area contributed by atoms with E-state index < -0.39 is 12.8 Å². The number of Topliss-reactive ketones (excluding diaryl/α,β-unsaturated/α-hetero) is 1. The first-order valence-corrected chi connectivity index (χ1v) is 10.3. The van der Waals surface area contributed by atoms with Crippen LogP contribution in [-0.2, 0) is 11.2 Å². The number of alkyl halides is 3. The first-order chi connectivity index (χ1) is 14.0. The zero-order chi connectivity index (χ0) is 22.1. The summed E-state index contributed by atoms with van der Waals surface area (Å²) in [5.74, 6) is 0.675. The summed E-state index contributed by atoms with van der Waals surface area (Å²) < 4.78 is 46.7. The van der Waals surface area contributed by atoms with Crippen molar-refractivity contribution in [2.75, 3.05) is 45.9 Å². The third-order valence-corrected chi connectivity index (χ3v) is 5.66. The van der Waals surface area contributed by atoms with Crippen LogP contribution in [0.25, 0.3) is 0 Å². The van der Waals surface area contributed by atoms with E-state index in [-0.39, 0.29) is 29.5 Å². The van der Waals surface area contributed by atoms with Gasteiger partial charge in [0.15, 0.2) is 11.5 Å². The van der Waals surface area contributed by atoms with Crippen molar-refractivity contribution >= 4 is 11.7 Å². The monoisotopic (exact) mass is 430 g/mol. The Labute approximate surface area is 174 Å². The lowest BCUT2D eigenvalue weighted by Gasteiger charge is -2.34. The predicted molar refractivity (Wildman–Crippen MR) is 104 cm³/mol. The minimum atomic E-state index is -4.30. The van der Waals surface area contributed by atoms with Crippen LogP contribution in [0.5, 0.6) is 0 Å². The highest BCUT2D eigenvalue weighted by atomic mass is 19.4. The van der Waals surface area contributed by atoms with Crippen LogP contribution in [0.3, 0.4) is 0 Å². The number of fused-ring (bicyclic) bond motifs is 1. The lowest BCUT2D eigenvalue weighted by Crippen LogP contribution is -2.49. The maximum Gasteiger partial charge on any atom is 0.411 e. The summed E-state index contributed by atoms with van der Waals surface area (Å²) in [5, 5.41) is 0. The van der Waals surface area contributed by atoms with Crippen molar-refractivity contribution in [3.63, 3.8) is 0 Å². The smallest absolute Gasteiger partial charge is 0.411 e. The van der Waals surface area contributed by atoms with Crippen molar-refractivity contribution < 1.29 is 31.9 Å². The minimum Gasteiger partial charge on any atom is -0.455 e. The Kier molecular flexibility index (Phi) is 6.62. The quantitative estimate of drug-likeness (QED) is 0.647. The molecule has 2 heterocycles. The molecule has 0 saturated carbocycles. The fourth-order valence-corrected chi connectivity index (χ4v) is 4.18. The third-order valence-electron chi connectivity index (χ3n) is 5.66. The van der Waals surface area contributed by atoms with E-state index in [2.05, 4.69) is 9.64 Å². The van der Waals surface area contributed by atoms with Gasteiger partial charge in [0.1, 0.15) is 12.4 Å². The van der Waals surface area contributed by atoms with E-state index in [9.17, 15) is 22.8 Å². The van der Waals surface area contributed by atoms with Crippen molar-refractivity contribution in [1.82, 2.24) is 9.80 Å². The van der Waals surface area contributed by atoms with Gasteiger partial charge in [-0.2, -0.15) is 13.2 Å². The normalized spacial score (nSPS) is 19.8. The molecule has 1 aromatic rings. The molecule has 0 bridgehead atoms. The number of furan rings is 1. The zero-order valence-corrected chi connectivity index (χ0v) is 17.7. The number of ketones is 1. The van der Waals surface area contributed by atoms with Crippen molar-refractivity contribution in [3.8, 4) is 0 Å². The molecule has 3 rings (SSSR count). The van der Waals surface area contributed by atoms with Crippen LogP contribution in [0.15, 0.2) is 4.42 Å². The topological polar surface area (TPSA) is 63.0 Å². The number of hydrogen-bond donors (Lipinski definition) is 0. The first kappa shape index (κ1) is 22.8. The highest BCUT2D eigenvalue weighted by Gasteiger charge is 2.38. The summed E-state index contributed by atoms with van der Waals surface area (Å²) in [5.41, 5.74) is 1.01. The Balaban J connectivity index is 1.51. The molecule has 0 unspecified atom stereocenters. The maximum absolute atomic E-state index is 13.0. The Morgan fingerprint density at radius 2 is 1.83 bits per heavy atom. The number of rotatable bonds is 6. The summed E-state index contributed by atoms with van der Waals surface area (Å²) in [6, 6.07) is 0. The van der Waals surface area contributed by atoms with Gasteiger partial charge in [-0.25, -0.2) is 0 Å². The van der Waals surface area contributed by atoms with E-state index in [0.29, 0.717) is 68.9 Å². The number of carbonyl (C=O) groups excluding carboxylic acids is 2. The number of piperazine rings is 1. The Morgan fingerprint density at radius 3 is 2.47 bits per heavy atom. The molecular weight excluding hydrogens is 401 g/mol. The van der Waals surface area contributed by atoms with Gasteiger partial charge in [0.2, 0.25) is 0 Å². The van der Waals surface area contributed by atoms with Crippen LogP contribution in [0.2, 0.25) is 0 Å². The molecule has 0 spiro atoms. The molecule has 1 aromatic heterocycles. The molecule has 0 radical (unpaired) electrons. The van der Waals surface area contributed by atoms with Crippen molar-refractivity contribution in [2.45, 2.75) is 46.2 Å². The molecule has 0 atom stereocenters. The standard InChI is InChI=1S/C21H29F3N2O4/c1-14-17-15(27)11-20(2,3)12-16(17)30-18(14)19(28)26-8-6-25(7-9-26)5-4-10-29-13-21(22,23)24/h4-13H2,1-3H3. The van der Waals surface area contributed by atoms with Crippen molar-refractivity contribution in [1.29, 1.82) is 0 Å². The highest BCUT2D eigenvalue weighted by Crippen LogP contribution is 2.38. The number of carbonyl (C=O) groups is 2. The van der Waals surface area contributed by atoms with E-state index in [1.165, 1.54) is 0 Å². The molecule has 6 nitrogen and oxygen atoms in total. The maximum atomic E-state index is 13.0. The second-order valence-corrected chi connectivity index (χ2v) is 8.95. The molecule has 168 valence electrons.